The van der Waals surface area contributed by atoms with Gasteiger partial charge in [0.15, 0.2) is 0 Å². The first-order chi connectivity index (χ1) is 6.27. The van der Waals surface area contributed by atoms with Crippen molar-refractivity contribution in [3.63, 3.8) is 0 Å². The molecule has 72 valence electrons. The normalized spacial score (nSPS) is 20.8. The van der Waals surface area contributed by atoms with Crippen molar-refractivity contribution in [2.24, 2.45) is 5.73 Å². The topological polar surface area (TPSA) is 43.8 Å². The fourth-order valence-corrected chi connectivity index (χ4v) is 2.26. The molecular weight excluding hydrogens is 186 g/mol. The Bertz CT molecular complexity index is 289. The van der Waals surface area contributed by atoms with E-state index in [4.69, 9.17) is 17.3 Å². The van der Waals surface area contributed by atoms with E-state index in [2.05, 4.69) is 5.10 Å². The highest BCUT2D eigenvalue weighted by molar-refractivity contribution is 6.30. The van der Waals surface area contributed by atoms with Gasteiger partial charge >= 0.3 is 0 Å². The lowest BCUT2D eigenvalue weighted by Crippen LogP contribution is -2.38. The fraction of sp³-hybridized carbons (Fsp3) is 0.667. The predicted molar refractivity (Wildman–Crippen MR) is 52.7 cm³/mol. The maximum absolute atomic E-state index is 5.83. The predicted octanol–water partition coefficient (Wildman–Crippen LogP) is 1.76. The molecule has 1 fully saturated rings. The van der Waals surface area contributed by atoms with Crippen molar-refractivity contribution in [1.29, 1.82) is 0 Å². The van der Waals surface area contributed by atoms with Gasteiger partial charge in [-0.2, -0.15) is 5.10 Å². The summed E-state index contributed by atoms with van der Waals surface area (Å²) in [5.41, 5.74) is 5.85. The van der Waals surface area contributed by atoms with E-state index in [1.54, 1.807) is 6.20 Å². The smallest absolute Gasteiger partial charge is 0.0785 e. The molecule has 1 aromatic heterocycles. The number of rotatable bonds is 2. The molecule has 4 heteroatoms. The van der Waals surface area contributed by atoms with Gasteiger partial charge in [-0.15, -0.1) is 0 Å². The van der Waals surface area contributed by atoms with Gasteiger partial charge in [-0.3, -0.25) is 4.68 Å². The molecule has 1 saturated carbocycles. The minimum Gasteiger partial charge on any atom is -0.328 e. The van der Waals surface area contributed by atoms with Gasteiger partial charge in [0.25, 0.3) is 0 Å². The van der Waals surface area contributed by atoms with E-state index in [-0.39, 0.29) is 5.54 Å². The van der Waals surface area contributed by atoms with E-state index in [0.29, 0.717) is 11.6 Å². The van der Waals surface area contributed by atoms with Crippen LogP contribution in [0.25, 0.3) is 0 Å². The third-order valence-electron chi connectivity index (χ3n) is 2.95. The lowest BCUT2D eigenvalue weighted by atomic mass is 9.98. The largest absolute Gasteiger partial charge is 0.328 e. The summed E-state index contributed by atoms with van der Waals surface area (Å²) in [6.07, 6.45) is 8.30. The Morgan fingerprint density at radius 2 is 2.23 bits per heavy atom. The number of hydrogen-bond acceptors (Lipinski definition) is 2. The maximum Gasteiger partial charge on any atom is 0.0785 e. The summed E-state index contributed by atoms with van der Waals surface area (Å²) in [7, 11) is 0. The van der Waals surface area contributed by atoms with Crippen LogP contribution in [0.4, 0.5) is 0 Å². The minimum absolute atomic E-state index is 0.0488. The summed E-state index contributed by atoms with van der Waals surface area (Å²) in [5.74, 6) is 0. The second kappa shape index (κ2) is 3.31. The molecule has 0 aliphatic heterocycles. The fourth-order valence-electron chi connectivity index (χ4n) is 2.12. The van der Waals surface area contributed by atoms with Crippen molar-refractivity contribution < 1.29 is 0 Å². The Balaban J connectivity index is 2.30. The Kier molecular flexibility index (Phi) is 2.30. The minimum atomic E-state index is 0.0488. The molecule has 0 spiro atoms. The van der Waals surface area contributed by atoms with E-state index in [1.165, 1.54) is 12.8 Å². The highest BCUT2D eigenvalue weighted by Gasteiger charge is 2.34. The second-order valence-corrected chi connectivity index (χ2v) is 4.18. The highest BCUT2D eigenvalue weighted by Crippen LogP contribution is 2.35. The van der Waals surface area contributed by atoms with Crippen LogP contribution < -0.4 is 5.73 Å². The van der Waals surface area contributed by atoms with E-state index in [1.807, 2.05) is 10.9 Å². The van der Waals surface area contributed by atoms with Crippen LogP contribution in [-0.2, 0) is 5.54 Å². The number of nitrogens with zero attached hydrogens (tertiary/aromatic N) is 2. The van der Waals surface area contributed by atoms with Gasteiger partial charge in [0.2, 0.25) is 0 Å². The molecule has 0 unspecified atom stereocenters. The first kappa shape index (κ1) is 9.03. The van der Waals surface area contributed by atoms with Gasteiger partial charge < -0.3 is 5.73 Å². The SMILES string of the molecule is NCC1(n2cc(Cl)cn2)CCCC1. The molecule has 1 aliphatic rings. The van der Waals surface area contributed by atoms with Crippen LogP contribution in [-0.4, -0.2) is 16.3 Å². The number of aromatic nitrogens is 2. The van der Waals surface area contributed by atoms with Crippen LogP contribution in [0, 0.1) is 0 Å². The average Bonchev–Trinajstić information content (AvgIpc) is 2.73. The molecule has 2 rings (SSSR count). The van der Waals surface area contributed by atoms with Crippen molar-refractivity contribution in [3.05, 3.63) is 17.4 Å². The zero-order valence-corrected chi connectivity index (χ0v) is 8.30. The highest BCUT2D eigenvalue weighted by atomic mass is 35.5. The zero-order valence-electron chi connectivity index (χ0n) is 7.54. The summed E-state index contributed by atoms with van der Waals surface area (Å²) in [6, 6.07) is 0. The molecule has 0 bridgehead atoms. The molecule has 0 radical (unpaired) electrons. The van der Waals surface area contributed by atoms with Crippen LogP contribution >= 0.6 is 11.6 Å². The third kappa shape index (κ3) is 1.46. The van der Waals surface area contributed by atoms with Crippen LogP contribution in [0.15, 0.2) is 12.4 Å². The maximum atomic E-state index is 5.83. The second-order valence-electron chi connectivity index (χ2n) is 3.74. The van der Waals surface area contributed by atoms with Gasteiger partial charge in [0.05, 0.1) is 16.8 Å². The Morgan fingerprint density at radius 1 is 1.54 bits per heavy atom. The lowest BCUT2D eigenvalue weighted by Gasteiger charge is -2.27. The van der Waals surface area contributed by atoms with Crippen molar-refractivity contribution in [3.8, 4) is 0 Å². The van der Waals surface area contributed by atoms with E-state index >= 15 is 0 Å². The zero-order chi connectivity index (χ0) is 9.31. The molecule has 0 aromatic carbocycles. The first-order valence-corrected chi connectivity index (χ1v) is 5.05. The summed E-state index contributed by atoms with van der Waals surface area (Å²) in [6.45, 7) is 0.658. The summed E-state index contributed by atoms with van der Waals surface area (Å²) < 4.78 is 1.95. The van der Waals surface area contributed by atoms with Crippen molar-refractivity contribution in [2.45, 2.75) is 31.2 Å². The summed E-state index contributed by atoms with van der Waals surface area (Å²) in [5, 5.41) is 4.94. The molecular formula is C9H14ClN3. The number of halogens is 1. The molecule has 13 heavy (non-hydrogen) atoms. The molecule has 3 nitrogen and oxygen atoms in total. The average molecular weight is 200 g/mol. The van der Waals surface area contributed by atoms with Crippen LogP contribution in [0.1, 0.15) is 25.7 Å². The molecule has 0 saturated heterocycles. The van der Waals surface area contributed by atoms with Gasteiger partial charge in [-0.1, -0.05) is 24.4 Å². The van der Waals surface area contributed by atoms with Gasteiger partial charge in [-0.25, -0.2) is 0 Å². The van der Waals surface area contributed by atoms with Crippen molar-refractivity contribution >= 4 is 11.6 Å². The molecule has 0 atom stereocenters. The van der Waals surface area contributed by atoms with Gasteiger partial charge in [-0.05, 0) is 12.8 Å². The first-order valence-electron chi connectivity index (χ1n) is 4.68. The lowest BCUT2D eigenvalue weighted by molar-refractivity contribution is 0.273. The van der Waals surface area contributed by atoms with Crippen LogP contribution in [0.2, 0.25) is 5.02 Å². The van der Waals surface area contributed by atoms with Crippen molar-refractivity contribution in [1.82, 2.24) is 9.78 Å². The van der Waals surface area contributed by atoms with Gasteiger partial charge in [0.1, 0.15) is 0 Å². The van der Waals surface area contributed by atoms with Crippen LogP contribution in [0.5, 0.6) is 0 Å². The Labute approximate surface area is 82.9 Å². The monoisotopic (exact) mass is 199 g/mol. The van der Waals surface area contributed by atoms with Crippen molar-refractivity contribution in [2.75, 3.05) is 6.54 Å². The quantitative estimate of drug-likeness (QED) is 0.789. The standard InChI is InChI=1S/C9H14ClN3/c10-8-5-12-13(6-8)9(7-11)3-1-2-4-9/h5-6H,1-4,7,11H2. The summed E-state index contributed by atoms with van der Waals surface area (Å²) in [4.78, 5) is 0. The molecule has 1 aliphatic carbocycles. The Morgan fingerprint density at radius 3 is 2.69 bits per heavy atom. The summed E-state index contributed by atoms with van der Waals surface area (Å²) >= 11 is 5.83. The number of hydrogen-bond donors (Lipinski definition) is 1. The van der Waals surface area contributed by atoms with E-state index in [0.717, 1.165) is 12.8 Å². The Hall–Kier alpha value is -0.540. The van der Waals surface area contributed by atoms with E-state index in [9.17, 15) is 0 Å². The molecule has 0 amide bonds. The van der Waals surface area contributed by atoms with Crippen LogP contribution in [0.3, 0.4) is 0 Å². The molecule has 1 aromatic rings. The molecule has 2 N–H and O–H groups in total. The van der Waals surface area contributed by atoms with E-state index < -0.39 is 0 Å². The molecule has 1 heterocycles. The number of nitrogens with two attached hydrogens (primary N) is 1. The van der Waals surface area contributed by atoms with Gasteiger partial charge in [0, 0.05) is 12.7 Å². The third-order valence-corrected chi connectivity index (χ3v) is 3.15.